The Bertz CT molecular complexity index is 1220. The lowest BCUT2D eigenvalue weighted by Crippen LogP contribution is -2.28. The molecule has 4 rings (SSSR count). The van der Waals surface area contributed by atoms with Crippen LogP contribution in [0.2, 0.25) is 0 Å². The van der Waals surface area contributed by atoms with Crippen molar-refractivity contribution in [1.82, 2.24) is 18.2 Å². The molecule has 0 N–H and O–H groups in total. The molecule has 0 saturated carbocycles. The highest BCUT2D eigenvalue weighted by Gasteiger charge is 2.25. The number of hydrogen-bond acceptors (Lipinski definition) is 4. The van der Waals surface area contributed by atoms with Gasteiger partial charge in [-0.3, -0.25) is 0 Å². The van der Waals surface area contributed by atoms with Gasteiger partial charge >= 0.3 is 10.2 Å². The van der Waals surface area contributed by atoms with Crippen LogP contribution < -0.4 is 0 Å². The molecule has 6 nitrogen and oxygen atoms in total. The summed E-state index contributed by atoms with van der Waals surface area (Å²) in [6.07, 6.45) is 0. The van der Waals surface area contributed by atoms with Gasteiger partial charge in [-0.15, -0.1) is 0 Å². The molecule has 0 spiro atoms. The van der Waals surface area contributed by atoms with Crippen molar-refractivity contribution in [3.8, 4) is 0 Å². The molecule has 0 aliphatic carbocycles. The fraction of sp³-hybridized carbons (Fsp3) is 0.125. The van der Waals surface area contributed by atoms with Crippen LogP contribution in [0.1, 0.15) is 0 Å². The summed E-state index contributed by atoms with van der Waals surface area (Å²) >= 11 is 0. The van der Waals surface area contributed by atoms with Crippen molar-refractivity contribution >= 4 is 43.3 Å². The predicted octanol–water partition coefficient (Wildman–Crippen LogP) is 2.53. The summed E-state index contributed by atoms with van der Waals surface area (Å²) in [6, 6.07) is 11.1. The highest BCUT2D eigenvalue weighted by Crippen LogP contribution is 2.30. The Morgan fingerprint density at radius 3 is 2.38 bits per heavy atom. The van der Waals surface area contributed by atoms with Gasteiger partial charge in [0.1, 0.15) is 11.3 Å². The molecule has 2 aromatic carbocycles. The van der Waals surface area contributed by atoms with E-state index in [4.69, 9.17) is 0 Å². The Morgan fingerprint density at radius 1 is 1.04 bits per heavy atom. The number of halogens is 1. The van der Waals surface area contributed by atoms with Gasteiger partial charge in [-0.25, -0.2) is 18.3 Å². The van der Waals surface area contributed by atoms with Gasteiger partial charge < -0.3 is 0 Å². The third kappa shape index (κ3) is 2.00. The minimum absolute atomic E-state index is 0.183. The summed E-state index contributed by atoms with van der Waals surface area (Å²) in [5.41, 5.74) is 2.08. The summed E-state index contributed by atoms with van der Waals surface area (Å²) in [7, 11) is -0.972. The average molecular weight is 344 g/mol. The average Bonchev–Trinajstić information content (AvgIpc) is 2.86. The van der Waals surface area contributed by atoms with E-state index in [0.717, 1.165) is 8.28 Å². The topological polar surface area (TPSA) is 68.1 Å². The van der Waals surface area contributed by atoms with Gasteiger partial charge in [0.25, 0.3) is 0 Å². The Balaban J connectivity index is 2.29. The Kier molecular flexibility index (Phi) is 3.09. The molecule has 24 heavy (non-hydrogen) atoms. The van der Waals surface area contributed by atoms with Crippen LogP contribution in [-0.2, 0) is 10.2 Å². The first-order valence-corrected chi connectivity index (χ1v) is 8.59. The maximum Gasteiger partial charge on any atom is 0.309 e. The lowest BCUT2D eigenvalue weighted by atomic mass is 10.2. The van der Waals surface area contributed by atoms with E-state index in [0.29, 0.717) is 27.5 Å². The SMILES string of the molecule is CN(C)S(=O)(=O)n1c2ccc(F)cc2c2nc3ccccc3nc21. The molecule has 0 radical (unpaired) electrons. The number of rotatable bonds is 2. The normalized spacial score (nSPS) is 12.7. The molecule has 0 aliphatic rings. The van der Waals surface area contributed by atoms with E-state index in [1.165, 1.54) is 32.3 Å². The number of nitrogens with zero attached hydrogens (tertiary/aromatic N) is 4. The second-order valence-electron chi connectivity index (χ2n) is 5.60. The van der Waals surface area contributed by atoms with Crippen molar-refractivity contribution in [2.24, 2.45) is 0 Å². The van der Waals surface area contributed by atoms with Crippen LogP contribution in [0, 0.1) is 5.82 Å². The number of fused-ring (bicyclic) bond motifs is 4. The predicted molar refractivity (Wildman–Crippen MR) is 90.5 cm³/mol. The molecule has 2 heterocycles. The lowest BCUT2D eigenvalue weighted by Gasteiger charge is -2.13. The van der Waals surface area contributed by atoms with Crippen LogP contribution in [0.5, 0.6) is 0 Å². The molecule has 0 saturated heterocycles. The number of para-hydroxylation sites is 2. The zero-order chi connectivity index (χ0) is 17.1. The first-order valence-electron chi connectivity index (χ1n) is 7.19. The number of hydrogen-bond donors (Lipinski definition) is 0. The van der Waals surface area contributed by atoms with Crippen LogP contribution in [0.4, 0.5) is 4.39 Å². The van der Waals surface area contributed by atoms with E-state index in [1.807, 2.05) is 6.07 Å². The van der Waals surface area contributed by atoms with Crippen LogP contribution in [0.25, 0.3) is 33.1 Å². The molecule has 0 aliphatic heterocycles. The van der Waals surface area contributed by atoms with Crippen molar-refractivity contribution in [1.29, 1.82) is 0 Å². The summed E-state index contributed by atoms with van der Waals surface area (Å²) in [4.78, 5) is 8.97. The quantitative estimate of drug-likeness (QED) is 0.560. The minimum atomic E-state index is -3.84. The molecule has 4 aromatic rings. The molecule has 2 aromatic heterocycles. The van der Waals surface area contributed by atoms with Crippen molar-refractivity contribution in [3.05, 3.63) is 48.3 Å². The van der Waals surface area contributed by atoms with E-state index in [-0.39, 0.29) is 5.65 Å². The monoisotopic (exact) mass is 344 g/mol. The molecule has 0 atom stereocenters. The van der Waals surface area contributed by atoms with E-state index in [9.17, 15) is 12.8 Å². The largest absolute Gasteiger partial charge is 0.309 e. The molecule has 8 heteroatoms. The van der Waals surface area contributed by atoms with Crippen LogP contribution in [-0.4, -0.2) is 40.8 Å². The van der Waals surface area contributed by atoms with E-state index < -0.39 is 16.0 Å². The van der Waals surface area contributed by atoms with Crippen LogP contribution in [0.15, 0.2) is 42.5 Å². The Hall–Kier alpha value is -2.58. The van der Waals surface area contributed by atoms with Gasteiger partial charge in [0, 0.05) is 19.5 Å². The van der Waals surface area contributed by atoms with Gasteiger partial charge in [0.2, 0.25) is 0 Å². The highest BCUT2D eigenvalue weighted by molar-refractivity contribution is 7.87. The zero-order valence-electron chi connectivity index (χ0n) is 12.9. The fourth-order valence-corrected chi connectivity index (χ4v) is 3.78. The van der Waals surface area contributed by atoms with Crippen LogP contribution >= 0.6 is 0 Å². The molecular weight excluding hydrogens is 331 g/mol. The molecule has 0 amide bonds. The second kappa shape index (κ2) is 4.96. The summed E-state index contributed by atoms with van der Waals surface area (Å²) < 4.78 is 41.5. The van der Waals surface area contributed by atoms with E-state index >= 15 is 0 Å². The first kappa shape index (κ1) is 15.0. The molecule has 0 fully saturated rings. The second-order valence-corrected chi connectivity index (χ2v) is 7.59. The standard InChI is InChI=1S/C16H13FN4O2S/c1-20(2)24(22,23)21-14-8-7-10(17)9-11(14)15-16(21)19-13-6-4-3-5-12(13)18-15/h3-9H,1-2H3. The third-order valence-electron chi connectivity index (χ3n) is 3.87. The van der Waals surface area contributed by atoms with E-state index in [1.54, 1.807) is 18.2 Å². The summed E-state index contributed by atoms with van der Waals surface area (Å²) in [5, 5.41) is 0.411. The Labute approximate surface area is 137 Å². The van der Waals surface area contributed by atoms with Crippen molar-refractivity contribution in [2.45, 2.75) is 0 Å². The highest BCUT2D eigenvalue weighted by atomic mass is 32.2. The first-order chi connectivity index (χ1) is 11.4. The van der Waals surface area contributed by atoms with Crippen LogP contribution in [0.3, 0.4) is 0 Å². The van der Waals surface area contributed by atoms with Crippen molar-refractivity contribution in [3.63, 3.8) is 0 Å². The minimum Gasteiger partial charge on any atom is -0.242 e. The smallest absolute Gasteiger partial charge is 0.242 e. The van der Waals surface area contributed by atoms with Gasteiger partial charge in [-0.2, -0.15) is 12.7 Å². The van der Waals surface area contributed by atoms with Crippen molar-refractivity contribution in [2.75, 3.05) is 14.1 Å². The maximum absolute atomic E-state index is 13.7. The molecule has 0 unspecified atom stereocenters. The molecule has 122 valence electrons. The van der Waals surface area contributed by atoms with Gasteiger partial charge in [0.15, 0.2) is 5.65 Å². The number of aromatic nitrogens is 3. The molecular formula is C16H13FN4O2S. The fourth-order valence-electron chi connectivity index (χ4n) is 2.70. The third-order valence-corrected chi connectivity index (χ3v) is 5.62. The summed E-state index contributed by atoms with van der Waals surface area (Å²) in [6.45, 7) is 0. The summed E-state index contributed by atoms with van der Waals surface area (Å²) in [5.74, 6) is -0.459. The maximum atomic E-state index is 13.7. The number of benzene rings is 2. The lowest BCUT2D eigenvalue weighted by molar-refractivity contribution is 0.514. The van der Waals surface area contributed by atoms with Gasteiger partial charge in [-0.05, 0) is 30.3 Å². The van der Waals surface area contributed by atoms with Crippen molar-refractivity contribution < 1.29 is 12.8 Å². The van der Waals surface area contributed by atoms with Gasteiger partial charge in [0.05, 0.1) is 16.6 Å². The van der Waals surface area contributed by atoms with E-state index in [2.05, 4.69) is 9.97 Å². The molecule has 0 bridgehead atoms. The zero-order valence-corrected chi connectivity index (χ0v) is 13.7. The van der Waals surface area contributed by atoms with Gasteiger partial charge in [-0.1, -0.05) is 12.1 Å². The Morgan fingerprint density at radius 2 is 1.71 bits per heavy atom.